The second-order valence-corrected chi connectivity index (χ2v) is 9.92. The summed E-state index contributed by atoms with van der Waals surface area (Å²) in [6, 6.07) is 11.6. The number of para-hydroxylation sites is 2. The number of fused-ring (bicyclic) bond motifs is 5. The number of rotatable bonds is 6. The zero-order chi connectivity index (χ0) is 26.9. The molecule has 0 unspecified atom stereocenters. The van der Waals surface area contributed by atoms with Crippen molar-refractivity contribution in [3.63, 3.8) is 0 Å². The van der Waals surface area contributed by atoms with Gasteiger partial charge in [0.15, 0.2) is 0 Å². The van der Waals surface area contributed by atoms with Crippen molar-refractivity contribution in [2.75, 3.05) is 27.3 Å². The lowest BCUT2D eigenvalue weighted by molar-refractivity contribution is -0.152. The molecule has 4 heterocycles. The Labute approximate surface area is 220 Å². The summed E-state index contributed by atoms with van der Waals surface area (Å²) in [5.41, 5.74) is 1.39. The third-order valence-electron chi connectivity index (χ3n) is 8.46. The van der Waals surface area contributed by atoms with Gasteiger partial charge in [-0.25, -0.2) is 10.0 Å². The van der Waals surface area contributed by atoms with E-state index in [2.05, 4.69) is 0 Å². The van der Waals surface area contributed by atoms with Crippen LogP contribution in [-0.2, 0) is 19.2 Å². The Bertz CT molecular complexity index is 1240. The summed E-state index contributed by atoms with van der Waals surface area (Å²) in [6.45, 7) is 4.03. The molecule has 0 saturated carbocycles. The Morgan fingerprint density at radius 3 is 1.29 bits per heavy atom. The molecule has 10 nitrogen and oxygen atoms in total. The van der Waals surface area contributed by atoms with Crippen LogP contribution < -0.4 is 9.47 Å². The van der Waals surface area contributed by atoms with Crippen molar-refractivity contribution in [3.05, 3.63) is 59.7 Å². The van der Waals surface area contributed by atoms with Crippen molar-refractivity contribution in [3.8, 4) is 11.5 Å². The molecule has 2 aromatic rings. The summed E-state index contributed by atoms with van der Waals surface area (Å²) in [4.78, 5) is 57.8. The van der Waals surface area contributed by atoms with Crippen LogP contribution in [0.4, 0.5) is 0 Å². The third kappa shape index (κ3) is 3.01. The first-order valence-electron chi connectivity index (χ1n) is 12.9. The van der Waals surface area contributed by atoms with Crippen LogP contribution in [0, 0.1) is 11.8 Å². The van der Waals surface area contributed by atoms with Gasteiger partial charge >= 0.3 is 0 Å². The highest BCUT2D eigenvalue weighted by molar-refractivity contribution is 6.10. The van der Waals surface area contributed by atoms with E-state index in [-0.39, 0.29) is 36.7 Å². The number of carbonyl (C=O) groups excluding carboxylic acids is 4. The smallest absolute Gasteiger partial charge is 0.248 e. The lowest BCUT2D eigenvalue weighted by atomic mass is 9.83. The zero-order valence-electron chi connectivity index (χ0n) is 21.7. The number of likely N-dealkylation sites (tertiary alicyclic amines) is 2. The van der Waals surface area contributed by atoms with E-state index in [0.29, 0.717) is 22.6 Å². The molecule has 4 aliphatic rings. The molecule has 0 N–H and O–H groups in total. The molecule has 4 aliphatic heterocycles. The quantitative estimate of drug-likeness (QED) is 0.534. The fourth-order valence-corrected chi connectivity index (χ4v) is 7.01. The predicted molar refractivity (Wildman–Crippen MR) is 134 cm³/mol. The van der Waals surface area contributed by atoms with E-state index in [1.165, 1.54) is 9.80 Å². The molecule has 0 radical (unpaired) electrons. The standard InChI is InChI=1S/C28H30N4O6/c1-5-29-25(33)19-21(15-11-7-9-13-17(15)37-3)32-24-20(26(34)30(6-2)28(24)36)22(31(32)23(19)27(29)35)16-12-8-10-14-18(16)38-4/h7-14,19-24H,5-6H2,1-4H3/t19-,20-,21-,22+,23+,24-/m0/s1. The van der Waals surface area contributed by atoms with Crippen LogP contribution >= 0.6 is 0 Å². The average molecular weight is 519 g/mol. The molecule has 0 aromatic heterocycles. The minimum Gasteiger partial charge on any atom is -0.496 e. The molecule has 4 fully saturated rings. The van der Waals surface area contributed by atoms with Gasteiger partial charge in [0.1, 0.15) is 23.6 Å². The van der Waals surface area contributed by atoms with Gasteiger partial charge in [-0.2, -0.15) is 0 Å². The van der Waals surface area contributed by atoms with E-state index in [1.807, 2.05) is 46.4 Å². The SMILES string of the molecule is CCN1C(=O)[C@@H]2[C@@H](C1=O)N1[C@@H](c3ccccc3OC)[C@@H]3C(=O)N(CC)C(=O)[C@@H]3N1[C@@H]2c1ccccc1OC. The molecule has 6 atom stereocenters. The Morgan fingerprint density at radius 1 is 0.579 bits per heavy atom. The molecule has 0 bridgehead atoms. The highest BCUT2D eigenvalue weighted by atomic mass is 16.5. The summed E-state index contributed by atoms with van der Waals surface area (Å²) in [7, 11) is 3.10. The van der Waals surface area contributed by atoms with Crippen LogP contribution in [0.15, 0.2) is 48.5 Å². The predicted octanol–water partition coefficient (Wildman–Crippen LogP) is 1.78. The van der Waals surface area contributed by atoms with Crippen LogP contribution in [0.3, 0.4) is 0 Å². The summed E-state index contributed by atoms with van der Waals surface area (Å²) >= 11 is 0. The maximum absolute atomic E-state index is 13.8. The summed E-state index contributed by atoms with van der Waals surface area (Å²) in [6.07, 6.45) is 0. The number of benzene rings is 2. The monoisotopic (exact) mass is 518 g/mol. The van der Waals surface area contributed by atoms with E-state index in [0.717, 1.165) is 0 Å². The first-order chi connectivity index (χ1) is 18.4. The Hall–Kier alpha value is -3.76. The number of ether oxygens (including phenoxy) is 2. The van der Waals surface area contributed by atoms with Gasteiger partial charge in [-0.1, -0.05) is 36.4 Å². The number of nitrogens with zero attached hydrogens (tertiary/aromatic N) is 4. The molecular weight excluding hydrogens is 488 g/mol. The fraction of sp³-hybridized carbons (Fsp3) is 0.429. The van der Waals surface area contributed by atoms with Crippen molar-refractivity contribution >= 4 is 23.6 Å². The van der Waals surface area contributed by atoms with Crippen molar-refractivity contribution in [2.24, 2.45) is 11.8 Å². The molecule has 4 amide bonds. The molecule has 0 aliphatic carbocycles. The zero-order valence-corrected chi connectivity index (χ0v) is 21.7. The molecule has 2 aromatic carbocycles. The van der Waals surface area contributed by atoms with E-state index in [4.69, 9.17) is 9.47 Å². The second kappa shape index (κ2) is 8.92. The molecule has 10 heteroatoms. The fourth-order valence-electron chi connectivity index (χ4n) is 7.01. The molecule has 0 spiro atoms. The minimum atomic E-state index is -0.867. The number of hydrogen-bond donors (Lipinski definition) is 0. The molecular formula is C28H30N4O6. The number of likely N-dealkylation sites (N-methyl/N-ethyl adjacent to an activating group) is 2. The van der Waals surface area contributed by atoms with E-state index in [9.17, 15) is 19.2 Å². The third-order valence-corrected chi connectivity index (χ3v) is 8.46. The molecule has 4 saturated heterocycles. The number of carbonyl (C=O) groups is 4. The number of hydrogen-bond acceptors (Lipinski definition) is 8. The van der Waals surface area contributed by atoms with E-state index in [1.54, 1.807) is 40.2 Å². The largest absolute Gasteiger partial charge is 0.496 e. The van der Waals surface area contributed by atoms with Gasteiger partial charge in [-0.3, -0.25) is 29.0 Å². The maximum Gasteiger partial charge on any atom is 0.248 e. The molecule has 38 heavy (non-hydrogen) atoms. The highest BCUT2D eigenvalue weighted by Crippen LogP contribution is 2.60. The van der Waals surface area contributed by atoms with Crippen LogP contribution in [0.2, 0.25) is 0 Å². The molecule has 6 rings (SSSR count). The van der Waals surface area contributed by atoms with Crippen LogP contribution in [0.25, 0.3) is 0 Å². The summed E-state index contributed by atoms with van der Waals surface area (Å²) in [5.74, 6) is -1.65. The van der Waals surface area contributed by atoms with E-state index >= 15 is 0 Å². The Morgan fingerprint density at radius 2 is 0.947 bits per heavy atom. The lowest BCUT2D eigenvalue weighted by Gasteiger charge is -2.36. The van der Waals surface area contributed by atoms with Crippen molar-refractivity contribution in [2.45, 2.75) is 38.0 Å². The lowest BCUT2D eigenvalue weighted by Crippen LogP contribution is -2.50. The van der Waals surface area contributed by atoms with Gasteiger partial charge in [0, 0.05) is 24.2 Å². The van der Waals surface area contributed by atoms with Gasteiger partial charge < -0.3 is 9.47 Å². The van der Waals surface area contributed by atoms with Gasteiger partial charge in [0.05, 0.1) is 38.1 Å². The van der Waals surface area contributed by atoms with Gasteiger partial charge in [0.2, 0.25) is 23.6 Å². The van der Waals surface area contributed by atoms with Gasteiger partial charge in [0.25, 0.3) is 0 Å². The topological polar surface area (TPSA) is 99.7 Å². The van der Waals surface area contributed by atoms with Gasteiger partial charge in [-0.15, -0.1) is 0 Å². The number of imide groups is 2. The Kier molecular flexibility index (Phi) is 5.77. The van der Waals surface area contributed by atoms with Crippen molar-refractivity contribution in [1.82, 2.24) is 19.8 Å². The van der Waals surface area contributed by atoms with E-state index < -0.39 is 36.0 Å². The Balaban J connectivity index is 1.62. The summed E-state index contributed by atoms with van der Waals surface area (Å²) in [5, 5.41) is 3.68. The average Bonchev–Trinajstić information content (AvgIpc) is 3.59. The van der Waals surface area contributed by atoms with Crippen molar-refractivity contribution < 1.29 is 28.7 Å². The minimum absolute atomic E-state index is 0.241. The van der Waals surface area contributed by atoms with Crippen LogP contribution in [-0.4, -0.2) is 82.8 Å². The number of methoxy groups -OCH3 is 2. The number of amides is 4. The summed E-state index contributed by atoms with van der Waals surface area (Å²) < 4.78 is 11.4. The van der Waals surface area contributed by atoms with Crippen LogP contribution in [0.5, 0.6) is 11.5 Å². The number of hydrazine groups is 1. The highest BCUT2D eigenvalue weighted by Gasteiger charge is 2.73. The first-order valence-corrected chi connectivity index (χ1v) is 12.9. The first kappa shape index (κ1) is 24.6. The second-order valence-electron chi connectivity index (χ2n) is 9.92. The molecule has 198 valence electrons. The van der Waals surface area contributed by atoms with Gasteiger partial charge in [-0.05, 0) is 26.0 Å². The normalized spacial score (nSPS) is 30.7. The van der Waals surface area contributed by atoms with Crippen molar-refractivity contribution in [1.29, 1.82) is 0 Å². The van der Waals surface area contributed by atoms with Crippen LogP contribution in [0.1, 0.15) is 37.1 Å². The maximum atomic E-state index is 13.8.